The van der Waals surface area contributed by atoms with Crippen LogP contribution in [-0.4, -0.2) is 17.8 Å². The van der Waals surface area contributed by atoms with E-state index in [0.29, 0.717) is 11.4 Å². The van der Waals surface area contributed by atoms with Gasteiger partial charge < -0.3 is 5.32 Å². The number of alkyl halides is 1. The van der Waals surface area contributed by atoms with Crippen molar-refractivity contribution in [2.24, 2.45) is 5.92 Å². The SMILES string of the molecule is CC(CCl)C(C)NC(=O)c1cc(Br)ccc1Br. The minimum Gasteiger partial charge on any atom is -0.349 e. The second-order valence-corrected chi connectivity index (χ2v) is 6.10. The van der Waals surface area contributed by atoms with E-state index in [1.807, 2.05) is 26.0 Å². The maximum absolute atomic E-state index is 12.0. The quantitative estimate of drug-likeness (QED) is 0.776. The number of benzene rings is 1. The van der Waals surface area contributed by atoms with Crippen LogP contribution in [0.2, 0.25) is 0 Å². The Morgan fingerprint density at radius 2 is 2.06 bits per heavy atom. The lowest BCUT2D eigenvalue weighted by Crippen LogP contribution is -2.37. The third kappa shape index (κ3) is 4.27. The summed E-state index contributed by atoms with van der Waals surface area (Å²) < 4.78 is 1.66. The van der Waals surface area contributed by atoms with Crippen molar-refractivity contribution in [3.63, 3.8) is 0 Å². The topological polar surface area (TPSA) is 29.1 Å². The number of nitrogens with one attached hydrogen (secondary N) is 1. The molecule has 17 heavy (non-hydrogen) atoms. The van der Waals surface area contributed by atoms with Crippen molar-refractivity contribution >= 4 is 49.4 Å². The Labute approximate surface area is 123 Å². The molecule has 1 N–H and O–H groups in total. The fourth-order valence-corrected chi connectivity index (χ4v) is 2.29. The average Bonchev–Trinajstić information content (AvgIpc) is 2.30. The van der Waals surface area contributed by atoms with E-state index in [1.54, 1.807) is 6.07 Å². The highest BCUT2D eigenvalue weighted by Crippen LogP contribution is 2.21. The zero-order valence-corrected chi connectivity index (χ0v) is 13.6. The maximum atomic E-state index is 12.0. The number of carbonyl (C=O) groups excluding carboxylic acids is 1. The van der Waals surface area contributed by atoms with Crippen LogP contribution in [0.4, 0.5) is 0 Å². The summed E-state index contributed by atoms with van der Waals surface area (Å²) >= 11 is 12.5. The Morgan fingerprint density at radius 1 is 1.41 bits per heavy atom. The van der Waals surface area contributed by atoms with Crippen molar-refractivity contribution < 1.29 is 4.79 Å². The van der Waals surface area contributed by atoms with Gasteiger partial charge in [0.1, 0.15) is 0 Å². The molecule has 0 bridgehead atoms. The summed E-state index contributed by atoms with van der Waals surface area (Å²) in [4.78, 5) is 12.0. The molecule has 0 radical (unpaired) electrons. The Hall–Kier alpha value is -0.0600. The van der Waals surface area contributed by atoms with Crippen molar-refractivity contribution in [3.05, 3.63) is 32.7 Å². The minimum absolute atomic E-state index is 0.0471. The van der Waals surface area contributed by atoms with Gasteiger partial charge in [-0.3, -0.25) is 4.79 Å². The lowest BCUT2D eigenvalue weighted by Gasteiger charge is -2.19. The van der Waals surface area contributed by atoms with Gasteiger partial charge in [0.25, 0.3) is 5.91 Å². The molecule has 0 aliphatic carbocycles. The summed E-state index contributed by atoms with van der Waals surface area (Å²) in [5.74, 6) is 0.676. The fraction of sp³-hybridized carbons (Fsp3) is 0.417. The largest absolute Gasteiger partial charge is 0.349 e. The van der Waals surface area contributed by atoms with Gasteiger partial charge in [0.2, 0.25) is 0 Å². The number of rotatable bonds is 4. The summed E-state index contributed by atoms with van der Waals surface area (Å²) in [7, 11) is 0. The molecule has 0 aliphatic heterocycles. The second-order valence-electron chi connectivity index (χ2n) is 4.02. The number of amides is 1. The average molecular weight is 384 g/mol. The van der Waals surface area contributed by atoms with Gasteiger partial charge >= 0.3 is 0 Å². The van der Waals surface area contributed by atoms with Gasteiger partial charge in [-0.05, 0) is 47.0 Å². The predicted octanol–water partition coefficient (Wildman–Crippen LogP) is 4.20. The van der Waals surface area contributed by atoms with E-state index in [9.17, 15) is 4.79 Å². The van der Waals surface area contributed by atoms with E-state index in [2.05, 4.69) is 37.2 Å². The molecular weight excluding hydrogens is 369 g/mol. The Kier molecular flexibility index (Phi) is 5.97. The first-order valence-corrected chi connectivity index (χ1v) is 7.39. The summed E-state index contributed by atoms with van der Waals surface area (Å²) in [6, 6.07) is 5.56. The van der Waals surface area contributed by atoms with Gasteiger partial charge in [0, 0.05) is 20.9 Å². The number of hydrogen-bond donors (Lipinski definition) is 1. The molecular formula is C12H14Br2ClNO. The van der Waals surface area contributed by atoms with E-state index >= 15 is 0 Å². The monoisotopic (exact) mass is 381 g/mol. The molecule has 1 rings (SSSR count). The number of hydrogen-bond acceptors (Lipinski definition) is 1. The van der Waals surface area contributed by atoms with Gasteiger partial charge in [0.15, 0.2) is 0 Å². The fourth-order valence-electron chi connectivity index (χ4n) is 1.23. The van der Waals surface area contributed by atoms with Gasteiger partial charge in [0.05, 0.1) is 5.56 Å². The molecule has 0 aromatic heterocycles. The second kappa shape index (κ2) is 6.76. The molecule has 2 nitrogen and oxygen atoms in total. The van der Waals surface area contributed by atoms with Crippen LogP contribution in [0.15, 0.2) is 27.1 Å². The van der Waals surface area contributed by atoms with Gasteiger partial charge in [-0.15, -0.1) is 11.6 Å². The molecule has 1 aromatic carbocycles. The third-order valence-electron chi connectivity index (χ3n) is 2.63. The molecule has 2 unspecified atom stereocenters. The highest BCUT2D eigenvalue weighted by atomic mass is 79.9. The Balaban J connectivity index is 2.79. The molecule has 0 heterocycles. The summed E-state index contributed by atoms with van der Waals surface area (Å²) in [6.07, 6.45) is 0. The first-order valence-electron chi connectivity index (χ1n) is 5.27. The van der Waals surface area contributed by atoms with Crippen LogP contribution in [0.1, 0.15) is 24.2 Å². The smallest absolute Gasteiger partial charge is 0.252 e. The van der Waals surface area contributed by atoms with E-state index in [-0.39, 0.29) is 17.9 Å². The first kappa shape index (κ1) is 15.0. The summed E-state index contributed by atoms with van der Waals surface area (Å²) in [5, 5.41) is 2.94. The minimum atomic E-state index is -0.0948. The highest BCUT2D eigenvalue weighted by Gasteiger charge is 2.16. The van der Waals surface area contributed by atoms with Crippen molar-refractivity contribution in [2.75, 3.05) is 5.88 Å². The maximum Gasteiger partial charge on any atom is 0.252 e. The van der Waals surface area contributed by atoms with Crippen LogP contribution in [0.5, 0.6) is 0 Å². The molecule has 94 valence electrons. The van der Waals surface area contributed by atoms with Crippen LogP contribution in [-0.2, 0) is 0 Å². The van der Waals surface area contributed by atoms with Crippen molar-refractivity contribution in [1.82, 2.24) is 5.32 Å². The number of halogens is 3. The molecule has 1 aromatic rings. The molecule has 0 aliphatic rings. The highest BCUT2D eigenvalue weighted by molar-refractivity contribution is 9.11. The molecule has 1 amide bonds. The van der Waals surface area contributed by atoms with E-state index in [1.165, 1.54) is 0 Å². The molecule has 2 atom stereocenters. The van der Waals surface area contributed by atoms with E-state index in [0.717, 1.165) is 8.95 Å². The lowest BCUT2D eigenvalue weighted by atomic mass is 10.1. The van der Waals surface area contributed by atoms with E-state index < -0.39 is 0 Å². The molecule has 0 saturated heterocycles. The molecule has 0 fully saturated rings. The van der Waals surface area contributed by atoms with Crippen LogP contribution >= 0.6 is 43.5 Å². The van der Waals surface area contributed by atoms with Crippen molar-refractivity contribution in [2.45, 2.75) is 19.9 Å². The Bertz CT molecular complexity index is 411. The molecule has 0 saturated carbocycles. The van der Waals surface area contributed by atoms with Crippen molar-refractivity contribution in [3.8, 4) is 0 Å². The summed E-state index contributed by atoms with van der Waals surface area (Å²) in [6.45, 7) is 3.96. The molecule has 0 spiro atoms. The Morgan fingerprint density at radius 3 is 2.65 bits per heavy atom. The number of carbonyl (C=O) groups is 1. The van der Waals surface area contributed by atoms with Crippen LogP contribution in [0.25, 0.3) is 0 Å². The zero-order chi connectivity index (χ0) is 13.0. The predicted molar refractivity (Wildman–Crippen MR) is 78.7 cm³/mol. The van der Waals surface area contributed by atoms with Gasteiger partial charge in [-0.2, -0.15) is 0 Å². The van der Waals surface area contributed by atoms with Crippen molar-refractivity contribution in [1.29, 1.82) is 0 Å². The summed E-state index contributed by atoms with van der Waals surface area (Å²) in [5.41, 5.74) is 0.619. The molecule has 5 heteroatoms. The van der Waals surface area contributed by atoms with Gasteiger partial charge in [-0.1, -0.05) is 22.9 Å². The normalized spacial score (nSPS) is 14.2. The van der Waals surface area contributed by atoms with E-state index in [4.69, 9.17) is 11.6 Å². The first-order chi connectivity index (χ1) is 7.95. The van der Waals surface area contributed by atoms with Crippen LogP contribution in [0, 0.1) is 5.92 Å². The van der Waals surface area contributed by atoms with Crippen LogP contribution in [0.3, 0.4) is 0 Å². The standard InChI is InChI=1S/C12H14Br2ClNO/c1-7(6-15)8(2)16-12(17)10-5-9(13)3-4-11(10)14/h3-5,7-8H,6H2,1-2H3,(H,16,17). The van der Waals surface area contributed by atoms with Crippen LogP contribution < -0.4 is 5.32 Å². The third-order valence-corrected chi connectivity index (χ3v) is 4.30. The lowest BCUT2D eigenvalue weighted by molar-refractivity contribution is 0.0930. The zero-order valence-electron chi connectivity index (χ0n) is 9.64. The van der Waals surface area contributed by atoms with Gasteiger partial charge in [-0.25, -0.2) is 0 Å².